The lowest BCUT2D eigenvalue weighted by atomic mass is 10.1. The van der Waals surface area contributed by atoms with Gasteiger partial charge in [0.15, 0.2) is 0 Å². The van der Waals surface area contributed by atoms with E-state index < -0.39 is 0 Å². The molecule has 0 atom stereocenters. The van der Waals surface area contributed by atoms with Crippen LogP contribution < -0.4 is 10.6 Å². The first-order valence-electron chi connectivity index (χ1n) is 7.29. The number of amides is 2. The minimum absolute atomic E-state index is 0.0126. The van der Waals surface area contributed by atoms with E-state index in [9.17, 15) is 9.59 Å². The van der Waals surface area contributed by atoms with Gasteiger partial charge in [-0.15, -0.1) is 6.58 Å². The van der Waals surface area contributed by atoms with Crippen LogP contribution in [0.3, 0.4) is 0 Å². The van der Waals surface area contributed by atoms with Gasteiger partial charge in [-0.25, -0.2) is 0 Å². The van der Waals surface area contributed by atoms with Crippen molar-refractivity contribution in [3.05, 3.63) is 42.5 Å². The highest BCUT2D eigenvalue weighted by Gasteiger charge is 2.18. The first-order valence-corrected chi connectivity index (χ1v) is 7.29. The van der Waals surface area contributed by atoms with Crippen LogP contribution in [0.4, 0.5) is 5.69 Å². The summed E-state index contributed by atoms with van der Waals surface area (Å²) in [5.41, 5.74) is 1.44. The molecule has 0 unspecified atom stereocenters. The van der Waals surface area contributed by atoms with Crippen molar-refractivity contribution < 1.29 is 14.3 Å². The van der Waals surface area contributed by atoms with E-state index in [1.807, 2.05) is 0 Å². The molecular weight excluding hydrogens is 282 g/mol. The largest absolute Gasteiger partial charge is 0.378 e. The zero-order valence-electron chi connectivity index (χ0n) is 12.5. The molecule has 0 radical (unpaired) electrons. The Morgan fingerprint density at radius 3 is 2.55 bits per heavy atom. The lowest BCUT2D eigenvalue weighted by Crippen LogP contribution is -2.40. The van der Waals surface area contributed by atoms with Gasteiger partial charge in [0.2, 0.25) is 5.91 Å². The monoisotopic (exact) mass is 303 g/mol. The molecule has 1 aromatic rings. The first-order chi connectivity index (χ1) is 10.7. The van der Waals surface area contributed by atoms with Crippen LogP contribution in [0.25, 0.3) is 0 Å². The van der Waals surface area contributed by atoms with Gasteiger partial charge < -0.3 is 20.3 Å². The van der Waals surface area contributed by atoms with Crippen molar-refractivity contribution in [3.8, 4) is 0 Å². The van der Waals surface area contributed by atoms with Crippen LogP contribution in [0, 0.1) is 0 Å². The molecule has 6 heteroatoms. The number of rotatable bonds is 6. The predicted octanol–water partition coefficient (Wildman–Crippen LogP) is 0.873. The number of ether oxygens (including phenoxy) is 1. The summed E-state index contributed by atoms with van der Waals surface area (Å²) in [6.45, 7) is 6.61. The zero-order chi connectivity index (χ0) is 15.8. The van der Waals surface area contributed by atoms with Gasteiger partial charge in [-0.2, -0.15) is 0 Å². The number of morpholine rings is 1. The highest BCUT2D eigenvalue weighted by Crippen LogP contribution is 2.12. The molecule has 2 rings (SSSR count). The molecule has 1 saturated heterocycles. The molecule has 1 aliphatic heterocycles. The molecule has 0 saturated carbocycles. The average Bonchev–Trinajstić information content (AvgIpc) is 2.58. The summed E-state index contributed by atoms with van der Waals surface area (Å²) >= 11 is 0. The lowest BCUT2D eigenvalue weighted by Gasteiger charge is -2.26. The second-order valence-electron chi connectivity index (χ2n) is 4.93. The summed E-state index contributed by atoms with van der Waals surface area (Å²) in [6.07, 6.45) is 1.63. The lowest BCUT2D eigenvalue weighted by molar-refractivity contribution is -0.119. The van der Waals surface area contributed by atoms with Gasteiger partial charge >= 0.3 is 0 Å². The first kappa shape index (κ1) is 16.0. The third-order valence-electron chi connectivity index (χ3n) is 3.33. The molecule has 6 nitrogen and oxygen atoms in total. The van der Waals surface area contributed by atoms with Gasteiger partial charge in [0.1, 0.15) is 0 Å². The number of carbonyl (C=O) groups excluding carboxylic acids is 2. The Balaban J connectivity index is 1.85. The minimum atomic E-state index is -0.103. The molecule has 22 heavy (non-hydrogen) atoms. The van der Waals surface area contributed by atoms with Crippen molar-refractivity contribution in [1.29, 1.82) is 0 Å². The van der Waals surface area contributed by atoms with Crippen molar-refractivity contribution in [3.63, 3.8) is 0 Å². The molecular formula is C16H21N3O3. The number of anilines is 1. The van der Waals surface area contributed by atoms with E-state index in [1.165, 1.54) is 0 Å². The van der Waals surface area contributed by atoms with Gasteiger partial charge in [0.25, 0.3) is 5.91 Å². The highest BCUT2D eigenvalue weighted by atomic mass is 16.5. The molecule has 1 heterocycles. The van der Waals surface area contributed by atoms with E-state index >= 15 is 0 Å². The van der Waals surface area contributed by atoms with Crippen LogP contribution in [0.15, 0.2) is 36.9 Å². The van der Waals surface area contributed by atoms with E-state index in [-0.39, 0.29) is 18.4 Å². The Bertz CT molecular complexity index is 522. The third-order valence-corrected chi connectivity index (χ3v) is 3.33. The normalized spacial score (nSPS) is 14.3. The molecule has 0 aromatic heterocycles. The fourth-order valence-corrected chi connectivity index (χ4v) is 2.11. The number of benzene rings is 1. The Hall–Kier alpha value is -2.34. The third kappa shape index (κ3) is 4.60. The van der Waals surface area contributed by atoms with Crippen LogP contribution >= 0.6 is 0 Å². The maximum Gasteiger partial charge on any atom is 0.254 e. The maximum absolute atomic E-state index is 12.3. The zero-order valence-corrected chi connectivity index (χ0v) is 12.5. The van der Waals surface area contributed by atoms with Crippen molar-refractivity contribution in [2.75, 3.05) is 44.7 Å². The molecule has 1 fully saturated rings. The smallest absolute Gasteiger partial charge is 0.254 e. The van der Waals surface area contributed by atoms with Gasteiger partial charge in [-0.05, 0) is 24.3 Å². The number of carbonyl (C=O) groups is 2. The summed E-state index contributed by atoms with van der Waals surface area (Å²) in [5, 5.41) is 5.69. The highest BCUT2D eigenvalue weighted by molar-refractivity contribution is 5.94. The quantitative estimate of drug-likeness (QED) is 0.765. The molecule has 0 aliphatic carbocycles. The molecule has 118 valence electrons. The van der Waals surface area contributed by atoms with Gasteiger partial charge in [-0.1, -0.05) is 6.08 Å². The number of nitrogens with one attached hydrogen (secondary N) is 2. The van der Waals surface area contributed by atoms with E-state index in [0.717, 1.165) is 5.69 Å². The van der Waals surface area contributed by atoms with E-state index in [1.54, 1.807) is 35.2 Å². The average molecular weight is 303 g/mol. The van der Waals surface area contributed by atoms with Gasteiger partial charge in [-0.3, -0.25) is 9.59 Å². The second kappa shape index (κ2) is 8.19. The SMILES string of the molecule is C=CCNC(=O)CNc1ccc(C(=O)N2CCOCC2)cc1. The Morgan fingerprint density at radius 2 is 1.91 bits per heavy atom. The van der Waals surface area contributed by atoms with Crippen molar-refractivity contribution in [2.24, 2.45) is 0 Å². The van der Waals surface area contributed by atoms with Crippen LogP contribution in [0.2, 0.25) is 0 Å². The number of nitrogens with zero attached hydrogens (tertiary/aromatic N) is 1. The van der Waals surface area contributed by atoms with Crippen LogP contribution in [0.5, 0.6) is 0 Å². The standard InChI is InChI=1S/C16H21N3O3/c1-2-7-17-15(20)12-18-14-5-3-13(4-6-14)16(21)19-8-10-22-11-9-19/h2-6,18H,1,7-12H2,(H,17,20). The summed E-state index contributed by atoms with van der Waals surface area (Å²) in [4.78, 5) is 25.5. The van der Waals surface area contributed by atoms with Crippen LogP contribution in [0.1, 0.15) is 10.4 Å². The van der Waals surface area contributed by atoms with E-state index in [4.69, 9.17) is 4.74 Å². The predicted molar refractivity (Wildman–Crippen MR) is 84.9 cm³/mol. The molecule has 2 N–H and O–H groups in total. The Kier molecular flexibility index (Phi) is 5.97. The van der Waals surface area contributed by atoms with Crippen molar-refractivity contribution >= 4 is 17.5 Å². The Labute approximate surface area is 130 Å². The summed E-state index contributed by atoms with van der Waals surface area (Å²) in [5.74, 6) is -0.0908. The van der Waals surface area contributed by atoms with Crippen LogP contribution in [-0.4, -0.2) is 56.1 Å². The van der Waals surface area contributed by atoms with E-state index in [2.05, 4.69) is 17.2 Å². The minimum Gasteiger partial charge on any atom is -0.378 e. The molecule has 2 amide bonds. The fourth-order valence-electron chi connectivity index (χ4n) is 2.11. The van der Waals surface area contributed by atoms with Crippen LogP contribution in [-0.2, 0) is 9.53 Å². The molecule has 0 spiro atoms. The number of hydrogen-bond donors (Lipinski definition) is 2. The maximum atomic E-state index is 12.3. The summed E-state index contributed by atoms with van der Waals surface area (Å²) < 4.78 is 5.24. The van der Waals surface area contributed by atoms with E-state index in [0.29, 0.717) is 38.4 Å². The molecule has 1 aromatic carbocycles. The molecule has 1 aliphatic rings. The van der Waals surface area contributed by atoms with Crippen molar-refractivity contribution in [1.82, 2.24) is 10.2 Å². The van der Waals surface area contributed by atoms with Crippen molar-refractivity contribution in [2.45, 2.75) is 0 Å². The Morgan fingerprint density at radius 1 is 1.23 bits per heavy atom. The van der Waals surface area contributed by atoms with Gasteiger partial charge in [0, 0.05) is 30.9 Å². The second-order valence-corrected chi connectivity index (χ2v) is 4.93. The van der Waals surface area contributed by atoms with Gasteiger partial charge in [0.05, 0.1) is 19.8 Å². The summed E-state index contributed by atoms with van der Waals surface area (Å²) in [7, 11) is 0. The summed E-state index contributed by atoms with van der Waals surface area (Å²) in [6, 6.07) is 7.13. The molecule has 0 bridgehead atoms. The fraction of sp³-hybridized carbons (Fsp3) is 0.375. The number of hydrogen-bond acceptors (Lipinski definition) is 4. The topological polar surface area (TPSA) is 70.7 Å².